The molecule has 3 nitrogen and oxygen atoms in total. The molecule has 1 aliphatic heterocycles. The van der Waals surface area contributed by atoms with E-state index >= 15 is 0 Å². The van der Waals surface area contributed by atoms with E-state index < -0.39 is 0 Å². The second kappa shape index (κ2) is 4.84. The van der Waals surface area contributed by atoms with Gasteiger partial charge in [0.2, 0.25) is 5.91 Å². The summed E-state index contributed by atoms with van der Waals surface area (Å²) in [5.41, 5.74) is 1.11. The molecule has 1 saturated heterocycles. The number of aryl methyl sites for hydroxylation is 1. The Morgan fingerprint density at radius 3 is 2.88 bits per heavy atom. The van der Waals surface area contributed by atoms with Crippen LogP contribution in [0.1, 0.15) is 18.9 Å². The van der Waals surface area contributed by atoms with E-state index in [0.717, 1.165) is 18.5 Å². The van der Waals surface area contributed by atoms with Crippen LogP contribution in [0.15, 0.2) is 18.2 Å². The van der Waals surface area contributed by atoms with E-state index in [1.165, 1.54) is 6.07 Å². The average molecular weight is 236 g/mol. The highest BCUT2D eigenvalue weighted by Gasteiger charge is 2.29. The number of hydrogen-bond acceptors (Lipinski definition) is 2. The maximum atomic E-state index is 13.6. The summed E-state index contributed by atoms with van der Waals surface area (Å²) in [6.07, 6.45) is 0.806. The number of carbonyl (C=O) groups excluding carboxylic acids is 1. The zero-order chi connectivity index (χ0) is 12.4. The molecule has 0 aromatic heterocycles. The monoisotopic (exact) mass is 236 g/mol. The first kappa shape index (κ1) is 12.0. The van der Waals surface area contributed by atoms with Crippen LogP contribution in [-0.2, 0) is 4.79 Å². The molecule has 0 bridgehead atoms. The van der Waals surface area contributed by atoms with Crippen molar-refractivity contribution in [2.24, 2.45) is 5.92 Å². The van der Waals surface area contributed by atoms with Crippen LogP contribution in [0.25, 0.3) is 0 Å². The summed E-state index contributed by atoms with van der Waals surface area (Å²) < 4.78 is 13.6. The Morgan fingerprint density at radius 2 is 2.29 bits per heavy atom. The third-order valence-corrected chi connectivity index (χ3v) is 3.24. The average Bonchev–Trinajstić information content (AvgIpc) is 2.68. The van der Waals surface area contributed by atoms with Crippen molar-refractivity contribution >= 4 is 11.6 Å². The fraction of sp³-hybridized carbons (Fsp3) is 0.462. The minimum absolute atomic E-state index is 0.0734. The van der Waals surface area contributed by atoms with E-state index in [1.807, 2.05) is 13.8 Å². The largest absolute Gasteiger partial charge is 0.323 e. The molecule has 1 aromatic rings. The highest BCUT2D eigenvalue weighted by molar-refractivity contribution is 5.93. The molecule has 2 atom stereocenters. The van der Waals surface area contributed by atoms with Gasteiger partial charge in [0, 0.05) is 6.04 Å². The Labute approximate surface area is 100 Å². The fourth-order valence-corrected chi connectivity index (χ4v) is 2.16. The smallest absolute Gasteiger partial charge is 0.229 e. The predicted octanol–water partition coefficient (Wildman–Crippen LogP) is 2.07. The van der Waals surface area contributed by atoms with Crippen LogP contribution in [0.3, 0.4) is 0 Å². The van der Waals surface area contributed by atoms with Gasteiger partial charge in [-0.25, -0.2) is 4.39 Å². The summed E-state index contributed by atoms with van der Waals surface area (Å²) >= 11 is 0. The van der Waals surface area contributed by atoms with Crippen molar-refractivity contribution in [1.82, 2.24) is 5.32 Å². The maximum absolute atomic E-state index is 13.6. The normalized spacial score (nSPS) is 23.7. The maximum Gasteiger partial charge on any atom is 0.229 e. The number of hydrogen-bond donors (Lipinski definition) is 2. The number of halogens is 1. The van der Waals surface area contributed by atoms with E-state index in [2.05, 4.69) is 10.6 Å². The first-order valence-electron chi connectivity index (χ1n) is 5.88. The number of benzene rings is 1. The van der Waals surface area contributed by atoms with E-state index in [4.69, 9.17) is 0 Å². The third-order valence-electron chi connectivity index (χ3n) is 3.24. The Balaban J connectivity index is 2.07. The molecular formula is C13H17FN2O. The number of anilines is 1. The van der Waals surface area contributed by atoms with Crippen LogP contribution >= 0.6 is 0 Å². The van der Waals surface area contributed by atoms with Gasteiger partial charge in [-0.05, 0) is 44.5 Å². The standard InChI is InChI=1S/C13H17FN2O/c1-8-3-4-12(11(14)7-8)16-13(17)10-5-6-15-9(10)2/h3-4,7,9-10,15H,5-6H2,1-2H3,(H,16,17). The molecular weight excluding hydrogens is 219 g/mol. The Morgan fingerprint density at radius 1 is 1.53 bits per heavy atom. The summed E-state index contributed by atoms with van der Waals surface area (Å²) in [6, 6.07) is 4.97. The summed E-state index contributed by atoms with van der Waals surface area (Å²) in [5, 5.41) is 5.86. The quantitative estimate of drug-likeness (QED) is 0.825. The zero-order valence-corrected chi connectivity index (χ0v) is 10.1. The van der Waals surface area contributed by atoms with Crippen LogP contribution in [0.2, 0.25) is 0 Å². The van der Waals surface area contributed by atoms with Crippen molar-refractivity contribution in [3.8, 4) is 0 Å². The first-order chi connectivity index (χ1) is 8.08. The minimum Gasteiger partial charge on any atom is -0.323 e. The summed E-state index contributed by atoms with van der Waals surface area (Å²) in [5.74, 6) is -0.557. The molecule has 4 heteroatoms. The lowest BCUT2D eigenvalue weighted by atomic mass is 10.0. The Bertz CT molecular complexity index is 433. The van der Waals surface area contributed by atoms with Gasteiger partial charge in [-0.1, -0.05) is 6.07 Å². The molecule has 2 rings (SSSR count). The van der Waals surface area contributed by atoms with E-state index in [1.54, 1.807) is 12.1 Å². The molecule has 1 aliphatic rings. The van der Waals surface area contributed by atoms with Crippen molar-refractivity contribution in [1.29, 1.82) is 0 Å². The van der Waals surface area contributed by atoms with Gasteiger partial charge in [0.25, 0.3) is 0 Å². The minimum atomic E-state index is -0.378. The van der Waals surface area contributed by atoms with Crippen LogP contribution in [0, 0.1) is 18.7 Å². The van der Waals surface area contributed by atoms with Gasteiger partial charge in [0.1, 0.15) is 5.82 Å². The van der Waals surface area contributed by atoms with Crippen molar-refractivity contribution in [2.75, 3.05) is 11.9 Å². The molecule has 1 aromatic carbocycles. The van der Waals surface area contributed by atoms with E-state index in [9.17, 15) is 9.18 Å². The van der Waals surface area contributed by atoms with Crippen LogP contribution in [0.4, 0.5) is 10.1 Å². The Kier molecular flexibility index (Phi) is 3.43. The molecule has 17 heavy (non-hydrogen) atoms. The van der Waals surface area contributed by atoms with Crippen LogP contribution < -0.4 is 10.6 Å². The zero-order valence-electron chi connectivity index (χ0n) is 10.1. The van der Waals surface area contributed by atoms with Crippen molar-refractivity contribution in [3.05, 3.63) is 29.6 Å². The number of nitrogens with one attached hydrogen (secondary N) is 2. The summed E-state index contributed by atoms with van der Waals surface area (Å²) in [7, 11) is 0. The Hall–Kier alpha value is -1.42. The molecule has 0 spiro atoms. The van der Waals surface area contributed by atoms with E-state index in [-0.39, 0.29) is 29.4 Å². The van der Waals surface area contributed by atoms with Gasteiger partial charge < -0.3 is 10.6 Å². The molecule has 1 heterocycles. The number of rotatable bonds is 2. The summed E-state index contributed by atoms with van der Waals surface area (Å²) in [6.45, 7) is 4.63. The van der Waals surface area contributed by atoms with Gasteiger partial charge in [-0.3, -0.25) is 4.79 Å². The van der Waals surface area contributed by atoms with Gasteiger partial charge in [-0.15, -0.1) is 0 Å². The van der Waals surface area contributed by atoms with Crippen LogP contribution in [0.5, 0.6) is 0 Å². The molecule has 0 saturated carbocycles. The fourth-order valence-electron chi connectivity index (χ4n) is 2.16. The van der Waals surface area contributed by atoms with Crippen molar-refractivity contribution in [3.63, 3.8) is 0 Å². The molecule has 1 fully saturated rings. The second-order valence-electron chi connectivity index (χ2n) is 4.61. The van der Waals surface area contributed by atoms with Gasteiger partial charge in [0.05, 0.1) is 11.6 Å². The number of amides is 1. The van der Waals surface area contributed by atoms with Crippen molar-refractivity contribution < 1.29 is 9.18 Å². The molecule has 0 aliphatic carbocycles. The molecule has 1 amide bonds. The van der Waals surface area contributed by atoms with Gasteiger partial charge in [0.15, 0.2) is 0 Å². The topological polar surface area (TPSA) is 41.1 Å². The van der Waals surface area contributed by atoms with E-state index in [0.29, 0.717) is 0 Å². The van der Waals surface area contributed by atoms with Crippen LogP contribution in [-0.4, -0.2) is 18.5 Å². The molecule has 92 valence electrons. The highest BCUT2D eigenvalue weighted by Crippen LogP contribution is 2.20. The van der Waals surface area contributed by atoms with Gasteiger partial charge in [-0.2, -0.15) is 0 Å². The summed E-state index contributed by atoms with van der Waals surface area (Å²) in [4.78, 5) is 11.9. The highest BCUT2D eigenvalue weighted by atomic mass is 19.1. The predicted molar refractivity (Wildman–Crippen MR) is 65.3 cm³/mol. The SMILES string of the molecule is Cc1ccc(NC(=O)C2CCNC2C)c(F)c1. The third kappa shape index (κ3) is 2.64. The lowest BCUT2D eigenvalue weighted by Gasteiger charge is -2.15. The second-order valence-corrected chi connectivity index (χ2v) is 4.61. The lowest BCUT2D eigenvalue weighted by molar-refractivity contribution is -0.120. The molecule has 2 unspecified atom stereocenters. The first-order valence-corrected chi connectivity index (χ1v) is 5.88. The molecule has 0 radical (unpaired) electrons. The number of carbonyl (C=O) groups is 1. The van der Waals surface area contributed by atoms with Crippen molar-refractivity contribution in [2.45, 2.75) is 26.3 Å². The lowest BCUT2D eigenvalue weighted by Crippen LogP contribution is -2.32. The molecule has 2 N–H and O–H groups in total. The van der Waals surface area contributed by atoms with Gasteiger partial charge >= 0.3 is 0 Å².